The predicted molar refractivity (Wildman–Crippen MR) is 115 cm³/mol. The number of thioether (sulfide) groups is 1. The maximum Gasteiger partial charge on any atom is 0.408 e. The third kappa shape index (κ3) is 3.07. The maximum atomic E-state index is 13.2. The Morgan fingerprint density at radius 2 is 1.94 bits per heavy atom. The topological polar surface area (TPSA) is 125 Å². The largest absolute Gasteiger partial charge is 0.479 e. The van der Waals surface area contributed by atoms with Crippen LogP contribution in [0.4, 0.5) is 4.79 Å². The van der Waals surface area contributed by atoms with E-state index in [1.54, 1.807) is 30.3 Å². The van der Waals surface area contributed by atoms with Gasteiger partial charge >= 0.3 is 12.1 Å². The summed E-state index contributed by atoms with van der Waals surface area (Å²) >= 11 is 1.41. The van der Waals surface area contributed by atoms with Gasteiger partial charge in [0.2, 0.25) is 11.8 Å². The van der Waals surface area contributed by atoms with Crippen molar-refractivity contribution in [2.75, 3.05) is 0 Å². The molecule has 1 aromatic carbocycles. The van der Waals surface area contributed by atoms with E-state index in [1.165, 1.54) is 16.7 Å². The number of nitrogens with one attached hydrogen (secondary N) is 2. The smallest absolute Gasteiger partial charge is 0.408 e. The molecule has 5 unspecified atom stereocenters. The van der Waals surface area contributed by atoms with Crippen molar-refractivity contribution in [2.45, 2.75) is 67.0 Å². The van der Waals surface area contributed by atoms with Crippen LogP contribution in [0.1, 0.15) is 44.7 Å². The van der Waals surface area contributed by atoms with Crippen molar-refractivity contribution >= 4 is 35.6 Å². The molecular weight excluding hydrogens is 434 g/mol. The number of benzene rings is 1. The summed E-state index contributed by atoms with van der Waals surface area (Å²) in [4.78, 5) is 51.6. The van der Waals surface area contributed by atoms with E-state index in [2.05, 4.69) is 10.6 Å². The standard InChI is InChI=1S/C22H25N3O6S/c1-11(12-8-9-12)31-20(30)24-14(13-6-4-3-5-7-13)16(26)23-15-17(27)25-18(15)32-21(2)10-22(21,25)19(28)29/h3-7,11-12,14-15,18H,8-10H2,1-2H3,(H,23,26)(H,24,30)(H,28,29)/t11?,14?,15?,18-,21?,22?/m1/s1. The number of rotatable bonds is 7. The highest BCUT2D eigenvalue weighted by Gasteiger charge is 2.85. The molecular formula is C22H25N3O6S. The summed E-state index contributed by atoms with van der Waals surface area (Å²) in [6, 6.07) is 6.86. The average Bonchev–Trinajstić information content (AvgIpc) is 3.67. The van der Waals surface area contributed by atoms with Crippen LogP contribution in [0.25, 0.3) is 0 Å². The van der Waals surface area contributed by atoms with E-state index in [1.807, 2.05) is 13.8 Å². The van der Waals surface area contributed by atoms with Crippen molar-refractivity contribution in [1.29, 1.82) is 0 Å². The van der Waals surface area contributed by atoms with Crippen molar-refractivity contribution < 1.29 is 29.0 Å². The number of ether oxygens (including phenoxy) is 1. The van der Waals surface area contributed by atoms with Crippen LogP contribution in [0.5, 0.6) is 0 Å². The Balaban J connectivity index is 1.29. The number of alkyl carbamates (subject to hydrolysis) is 1. The fraction of sp³-hybridized carbons (Fsp3) is 0.545. The maximum absolute atomic E-state index is 13.2. The van der Waals surface area contributed by atoms with E-state index in [0.717, 1.165) is 12.8 Å². The molecule has 2 aliphatic carbocycles. The van der Waals surface area contributed by atoms with E-state index >= 15 is 0 Å². The lowest BCUT2D eigenvalue weighted by Gasteiger charge is -2.46. The first-order valence-electron chi connectivity index (χ1n) is 10.7. The zero-order chi connectivity index (χ0) is 22.8. The number of amides is 3. The van der Waals surface area contributed by atoms with Gasteiger partial charge in [0.1, 0.15) is 23.6 Å². The van der Waals surface area contributed by atoms with Gasteiger partial charge in [-0.2, -0.15) is 0 Å². The van der Waals surface area contributed by atoms with Crippen LogP contribution in [-0.4, -0.2) is 61.7 Å². The highest BCUT2D eigenvalue weighted by Crippen LogP contribution is 2.71. The molecule has 0 spiro atoms. The lowest BCUT2D eigenvalue weighted by atomic mass is 9.99. The molecule has 6 atom stereocenters. The number of fused-ring (bicyclic) bond motifs is 3. The molecule has 4 aliphatic rings. The quantitative estimate of drug-likeness (QED) is 0.529. The summed E-state index contributed by atoms with van der Waals surface area (Å²) in [6.07, 6.45) is 1.53. The van der Waals surface area contributed by atoms with Crippen LogP contribution < -0.4 is 10.6 Å². The molecule has 1 aromatic rings. The van der Waals surface area contributed by atoms with E-state index in [4.69, 9.17) is 4.74 Å². The third-order valence-corrected chi connectivity index (χ3v) is 8.79. The van der Waals surface area contributed by atoms with Gasteiger partial charge in [-0.05, 0) is 38.2 Å². The summed E-state index contributed by atoms with van der Waals surface area (Å²) in [5.74, 6) is -1.60. The van der Waals surface area contributed by atoms with Gasteiger partial charge < -0.3 is 25.4 Å². The summed E-state index contributed by atoms with van der Waals surface area (Å²) in [6.45, 7) is 3.67. The van der Waals surface area contributed by atoms with Crippen molar-refractivity contribution in [3.05, 3.63) is 35.9 Å². The van der Waals surface area contributed by atoms with Gasteiger partial charge in [0.15, 0.2) is 5.54 Å². The lowest BCUT2D eigenvalue weighted by molar-refractivity contribution is -0.163. The molecule has 2 saturated heterocycles. The van der Waals surface area contributed by atoms with Gasteiger partial charge in [-0.25, -0.2) is 9.59 Å². The van der Waals surface area contributed by atoms with E-state index in [0.29, 0.717) is 17.9 Å². The Hall–Kier alpha value is -2.75. The molecule has 0 aromatic heterocycles. The summed E-state index contributed by atoms with van der Waals surface area (Å²) in [5, 5.41) is 14.6. The highest BCUT2D eigenvalue weighted by molar-refractivity contribution is 8.02. The fourth-order valence-electron chi connectivity index (χ4n) is 4.88. The molecule has 3 amide bonds. The van der Waals surface area contributed by atoms with E-state index < -0.39 is 51.6 Å². The molecule has 5 rings (SSSR count). The minimum atomic E-state index is -1.18. The zero-order valence-electron chi connectivity index (χ0n) is 17.7. The van der Waals surface area contributed by atoms with Crippen LogP contribution in [0.3, 0.4) is 0 Å². The normalized spacial score (nSPS) is 33.8. The molecule has 3 N–H and O–H groups in total. The van der Waals surface area contributed by atoms with Crippen LogP contribution in [0, 0.1) is 5.92 Å². The van der Waals surface area contributed by atoms with Crippen molar-refractivity contribution in [2.24, 2.45) is 5.92 Å². The molecule has 4 fully saturated rings. The molecule has 0 radical (unpaired) electrons. The monoisotopic (exact) mass is 459 g/mol. The van der Waals surface area contributed by atoms with Crippen molar-refractivity contribution in [3.63, 3.8) is 0 Å². The highest BCUT2D eigenvalue weighted by atomic mass is 32.2. The molecule has 9 nitrogen and oxygen atoms in total. The van der Waals surface area contributed by atoms with Crippen LogP contribution in [-0.2, 0) is 19.1 Å². The molecule has 2 heterocycles. The van der Waals surface area contributed by atoms with Crippen LogP contribution >= 0.6 is 11.8 Å². The van der Waals surface area contributed by atoms with Crippen LogP contribution in [0.2, 0.25) is 0 Å². The van der Waals surface area contributed by atoms with Crippen molar-refractivity contribution in [3.8, 4) is 0 Å². The number of hydrogen-bond donors (Lipinski definition) is 3. The van der Waals surface area contributed by atoms with Gasteiger partial charge in [-0.15, -0.1) is 11.8 Å². The number of carboxylic acids is 1. The van der Waals surface area contributed by atoms with Crippen LogP contribution in [0.15, 0.2) is 30.3 Å². The molecule has 32 heavy (non-hydrogen) atoms. The summed E-state index contributed by atoms with van der Waals surface area (Å²) in [5.41, 5.74) is -0.624. The number of carbonyl (C=O) groups excluding carboxylic acids is 3. The Morgan fingerprint density at radius 1 is 1.25 bits per heavy atom. The number of carboxylic acid groups (broad SMARTS) is 1. The van der Waals surface area contributed by atoms with Gasteiger partial charge in [0.05, 0.1) is 4.75 Å². The number of hydrogen-bond acceptors (Lipinski definition) is 6. The first-order valence-corrected chi connectivity index (χ1v) is 11.6. The predicted octanol–water partition coefficient (Wildman–Crippen LogP) is 1.64. The number of nitrogens with zero attached hydrogens (tertiary/aromatic N) is 1. The number of carbonyl (C=O) groups is 4. The number of aliphatic carboxylic acids is 1. The minimum absolute atomic E-state index is 0.231. The molecule has 2 aliphatic heterocycles. The number of β-lactam (4-membered cyclic amide) rings is 1. The minimum Gasteiger partial charge on any atom is -0.479 e. The average molecular weight is 460 g/mol. The van der Waals surface area contributed by atoms with Gasteiger partial charge in [0.25, 0.3) is 0 Å². The first kappa shape index (κ1) is 21.1. The fourth-order valence-corrected chi connectivity index (χ4v) is 6.80. The van der Waals surface area contributed by atoms with E-state index in [-0.39, 0.29) is 6.10 Å². The molecule has 2 saturated carbocycles. The lowest BCUT2D eigenvalue weighted by Crippen LogP contribution is -2.72. The van der Waals surface area contributed by atoms with Gasteiger partial charge in [-0.1, -0.05) is 30.3 Å². The van der Waals surface area contributed by atoms with Gasteiger partial charge in [-0.3, -0.25) is 9.59 Å². The first-order chi connectivity index (χ1) is 15.2. The Bertz CT molecular complexity index is 1000. The second-order valence-corrected chi connectivity index (χ2v) is 10.8. The third-order valence-electron chi connectivity index (χ3n) is 7.07. The Kier molecular flexibility index (Phi) is 4.70. The van der Waals surface area contributed by atoms with Gasteiger partial charge in [0, 0.05) is 6.42 Å². The van der Waals surface area contributed by atoms with Crippen molar-refractivity contribution in [1.82, 2.24) is 15.5 Å². The summed E-state index contributed by atoms with van der Waals surface area (Å²) in [7, 11) is 0. The second kappa shape index (κ2) is 7.13. The molecule has 0 bridgehead atoms. The van der Waals surface area contributed by atoms with E-state index in [9.17, 15) is 24.3 Å². The zero-order valence-corrected chi connectivity index (χ0v) is 18.6. The second-order valence-electron chi connectivity index (χ2n) is 9.21. The Labute approximate surface area is 189 Å². The summed E-state index contributed by atoms with van der Waals surface area (Å²) < 4.78 is 4.87. The molecule has 10 heteroatoms. The Morgan fingerprint density at radius 3 is 2.56 bits per heavy atom. The SMILES string of the molecule is CC(OC(=O)NC(C(=O)NC1C(=O)N2[C@@H]1SC1(C)CC21C(=O)O)c1ccccc1)C1CC1. The molecule has 170 valence electrons.